The number of nitrogen functional groups attached to an aromatic ring is 1. The monoisotopic (exact) mass is 1880 g/mol. The van der Waals surface area contributed by atoms with Crippen molar-refractivity contribution in [2.24, 2.45) is 17.6 Å². The number of carbonyl (C=O) groups is 9. The third-order valence-electron chi connectivity index (χ3n) is 15.4. The van der Waals surface area contributed by atoms with Crippen LogP contribution in [-0.4, -0.2) is 119 Å². The maximum atomic E-state index is 12.9. The Morgan fingerprint density at radius 2 is 0.925 bits per heavy atom. The molecule has 0 aliphatic heterocycles. The molecule has 2 atom stereocenters. The second-order valence-electron chi connectivity index (χ2n) is 24.0. The van der Waals surface area contributed by atoms with Crippen molar-refractivity contribution in [1.29, 1.82) is 21.0 Å². The van der Waals surface area contributed by atoms with Gasteiger partial charge in [-0.3, -0.25) is 47.9 Å². The first-order valence-corrected chi connectivity index (χ1v) is 36.9. The molecule has 5 aromatic heterocycles. The average molecular weight is 1890 g/mol. The van der Waals surface area contributed by atoms with Gasteiger partial charge in [0.1, 0.15) is 63.6 Å². The van der Waals surface area contributed by atoms with Crippen molar-refractivity contribution in [3.8, 4) is 24.3 Å². The van der Waals surface area contributed by atoms with E-state index in [1.54, 1.807) is 12.1 Å². The van der Waals surface area contributed by atoms with E-state index < -0.39 is 134 Å². The number of halogens is 22. The number of amides is 2. The molecule has 0 spiro atoms. The van der Waals surface area contributed by atoms with Gasteiger partial charge >= 0.3 is 124 Å². The van der Waals surface area contributed by atoms with Gasteiger partial charge in [-0.25, -0.2) is 14.8 Å². The zero-order chi connectivity index (χ0) is 89.2. The van der Waals surface area contributed by atoms with Crippen LogP contribution >= 0.6 is 69.7 Å². The summed E-state index contributed by atoms with van der Waals surface area (Å²) in [6, 6.07) is 5.81. The number of esters is 1. The SMILES string of the molecule is CCOC(=O)C(F)(F)F.Cc1csc(N)n1.Cc1csc(NC(=O)CCl)n1.N#CCC(N)=O.N#Cc1c(C(F)(F)F)c2c([nH]c1=O)CCC2.N#Cc1c(C(F)(F)F)c2c([nH]c1=O)CCC2.N#Cc1c(C(F)(F)F)c2c([nH]c1=S)CCC2.O=C(Cl)CCl.O=C1CCCC1.O=C1CCCC1C(=O)C(F)(F)F.O=C1CCCC1C(=O)C(F)(F)F.[F-].[K+].[Na+].[OH-]. The molecular weight excluding hydrogens is 1820 g/mol. The number of ether oxygens (including phenoxy) is 1. The molecule has 9 N–H and O–H groups in total. The Balaban J connectivity index is -0.000000626. The van der Waals surface area contributed by atoms with Gasteiger partial charge in [0.15, 0.2) is 10.3 Å². The van der Waals surface area contributed by atoms with Gasteiger partial charge in [0.2, 0.25) is 28.6 Å². The Hall–Kier alpha value is -7.14. The summed E-state index contributed by atoms with van der Waals surface area (Å²) in [5, 5.41) is 40.8. The van der Waals surface area contributed by atoms with Gasteiger partial charge < -0.3 is 46.7 Å². The van der Waals surface area contributed by atoms with Gasteiger partial charge in [-0.05, 0) is 145 Å². The van der Waals surface area contributed by atoms with Crippen LogP contribution in [0.25, 0.3) is 0 Å². The zero-order valence-corrected chi connectivity index (χ0v) is 73.1. The van der Waals surface area contributed by atoms with Gasteiger partial charge in [0.05, 0.1) is 64.0 Å². The molecule has 0 aromatic carbocycles. The van der Waals surface area contributed by atoms with Gasteiger partial charge in [0, 0.05) is 53.5 Å². The number of Topliss-reactive ketones (excluding diaryl/α,β-unsaturated/α-hetero) is 5. The van der Waals surface area contributed by atoms with E-state index in [4.69, 9.17) is 73.8 Å². The van der Waals surface area contributed by atoms with Crippen molar-refractivity contribution >= 4 is 132 Å². The fourth-order valence-corrected chi connectivity index (χ4v) is 12.3. The smallest absolute Gasteiger partial charge is 1.00 e. The molecule has 6 aliphatic rings. The number of carbonyl (C=O) groups excluding carboxylic acids is 9. The summed E-state index contributed by atoms with van der Waals surface area (Å²) in [6.45, 7) is 4.85. The number of anilines is 2. The second-order valence-corrected chi connectivity index (χ2v) is 27.1. The summed E-state index contributed by atoms with van der Waals surface area (Å²) in [4.78, 5) is 130. The van der Waals surface area contributed by atoms with Crippen LogP contribution in [0.3, 0.4) is 0 Å². The number of rotatable bonds is 7. The second kappa shape index (κ2) is 55.9. The van der Waals surface area contributed by atoms with Crippen LogP contribution in [0.4, 0.5) is 89.3 Å². The number of aromatic amines is 3. The molecular formula is C68H68Cl3F19KN12NaO13S3. The average Bonchev–Trinajstić information content (AvgIpc) is 1.59. The summed E-state index contributed by atoms with van der Waals surface area (Å²) < 4.78 is 223. The third-order valence-corrected chi connectivity index (χ3v) is 18.1. The molecule has 3 saturated carbocycles. The number of nitriles is 4. The number of thiazole rings is 2. The van der Waals surface area contributed by atoms with E-state index in [0.29, 0.717) is 90.9 Å². The molecule has 120 heavy (non-hydrogen) atoms. The quantitative estimate of drug-likeness (QED) is 0.0216. The van der Waals surface area contributed by atoms with Crippen molar-refractivity contribution in [3.05, 3.63) is 115 Å². The summed E-state index contributed by atoms with van der Waals surface area (Å²) in [6.07, 6.45) is -19.4. The molecule has 0 radical (unpaired) electrons. The fourth-order valence-electron chi connectivity index (χ4n) is 10.7. The number of pyridine rings is 3. The number of H-pyrrole nitrogens is 3. The number of primary amides is 1. The minimum Gasteiger partial charge on any atom is -1.00 e. The predicted molar refractivity (Wildman–Crippen MR) is 384 cm³/mol. The first-order chi connectivity index (χ1) is 53.6. The molecule has 2 amide bonds. The van der Waals surface area contributed by atoms with Crippen LogP contribution in [0.5, 0.6) is 0 Å². The van der Waals surface area contributed by atoms with Crippen LogP contribution in [-0.2, 0) is 105 Å². The molecule has 25 nitrogen and oxygen atoms in total. The van der Waals surface area contributed by atoms with E-state index in [1.165, 1.54) is 41.7 Å². The molecule has 11 rings (SSSR count). The summed E-state index contributed by atoms with van der Waals surface area (Å²) in [7, 11) is 0. The standard InChI is InChI=1S/2C10H7F3N2O.C10H7F3N2S.2C7H7F3O2.C6H7ClN2OS.C5H8O.C4H5F3O2.C4H6N2S.C3H4N2O.C2H2Cl2O.FH.K.Na.H2O/c3*11-10(12,13)8-5-2-1-3-7(5)15-9(16)6(8)4-14;2*8-7(9,10)6(12)4-2-1-3-5(4)11;1-4-3-11-6(8-4)9-5(10)2-7;6-5-3-1-2-4-5;1-2-9-3(8)4(5,6)7;1-3-2-7-4(5)6-3;4-2-1-3(5)6;3-1-2(4)5;;;;/h3*1-3H2,(H,15,16);2*4H,1-3H2;3H,2H2,1H3,(H,8,9,10);1-4H2;2H2,1H3;2H,1H3,(H2,5,6);1H2,(H2,5,6);1H2;1H;;;1H2/q;;;;;;;;;;;;2*+1;/p-2. The van der Waals surface area contributed by atoms with Crippen molar-refractivity contribution in [2.45, 2.75) is 186 Å². The minimum absolute atomic E-state index is 0. The molecule has 652 valence electrons. The number of nitrogens with one attached hydrogen (secondary N) is 4. The minimum atomic E-state index is -4.86. The Bertz CT molecular complexity index is 4370. The zero-order valence-electron chi connectivity index (χ0n) is 63.3. The largest absolute Gasteiger partial charge is 1.00 e. The number of ketones is 5. The van der Waals surface area contributed by atoms with Gasteiger partial charge in [0.25, 0.3) is 11.1 Å². The summed E-state index contributed by atoms with van der Waals surface area (Å²) in [5.41, 5.74) is 6.30. The normalized spacial score (nSPS) is 14.8. The Labute approximate surface area is 761 Å². The van der Waals surface area contributed by atoms with Crippen molar-refractivity contribution < 1.29 is 218 Å². The number of aryl methyl sites for hydroxylation is 5. The fraction of sp³-hybridized carbons (Fsp3) is 0.500. The number of alkyl halides is 20. The maximum absolute atomic E-state index is 12.9. The van der Waals surface area contributed by atoms with E-state index in [9.17, 15) is 132 Å². The molecule has 0 bridgehead atoms. The van der Waals surface area contributed by atoms with E-state index in [1.807, 2.05) is 24.6 Å². The number of nitrogens with zero attached hydrogens (tertiary/aromatic N) is 6. The molecule has 5 aromatic rings. The van der Waals surface area contributed by atoms with Crippen LogP contribution in [0, 0.1) is 75.6 Å². The van der Waals surface area contributed by atoms with Crippen molar-refractivity contribution in [2.75, 3.05) is 29.4 Å². The van der Waals surface area contributed by atoms with E-state index >= 15 is 0 Å². The van der Waals surface area contributed by atoms with Crippen LogP contribution in [0.15, 0.2) is 20.3 Å². The molecule has 52 heteroatoms. The molecule has 2 unspecified atom stereocenters. The Kier molecular flexibility index (Phi) is 55.5. The van der Waals surface area contributed by atoms with Gasteiger partial charge in [-0.2, -0.15) is 100 Å². The Morgan fingerprint density at radius 3 is 1.14 bits per heavy atom. The van der Waals surface area contributed by atoms with Crippen LogP contribution in [0.1, 0.15) is 175 Å². The number of nitrogens with two attached hydrogens (primary N) is 2. The van der Waals surface area contributed by atoms with Crippen LogP contribution < -0.4 is 114 Å². The number of hydrogen-bond donors (Lipinski definition) is 6. The maximum Gasteiger partial charge on any atom is 1.00 e. The van der Waals surface area contributed by atoms with Gasteiger partial charge in [-0.1, -0.05) is 12.2 Å². The third kappa shape index (κ3) is 41.4. The topological polar surface area (TPSA) is 459 Å². The number of aromatic nitrogens is 5. The van der Waals surface area contributed by atoms with E-state index in [-0.39, 0.29) is 182 Å². The molecule has 3 fully saturated rings. The predicted octanol–water partition coefficient (Wildman–Crippen LogP) is 5.72. The summed E-state index contributed by atoms with van der Waals surface area (Å²) >= 11 is 22.5. The molecule has 5 heterocycles. The molecule has 6 aliphatic carbocycles. The first-order valence-electron chi connectivity index (χ1n) is 33.3. The van der Waals surface area contributed by atoms with E-state index in [2.05, 4.69) is 40.7 Å². The van der Waals surface area contributed by atoms with Crippen LogP contribution in [0.2, 0.25) is 0 Å². The van der Waals surface area contributed by atoms with Gasteiger partial charge in [-0.15, -0.1) is 45.9 Å². The first kappa shape index (κ1) is 119. The molecule has 0 saturated heterocycles. The van der Waals surface area contributed by atoms with Crippen molar-refractivity contribution in [3.63, 3.8) is 0 Å². The van der Waals surface area contributed by atoms with Crippen molar-refractivity contribution in [1.82, 2.24) is 24.9 Å². The summed E-state index contributed by atoms with van der Waals surface area (Å²) in [5.74, 6) is -10.3. The number of fused-ring (bicyclic) bond motifs is 3. The van der Waals surface area contributed by atoms with E-state index in [0.717, 1.165) is 37.1 Å². The Morgan fingerprint density at radius 1 is 0.567 bits per heavy atom. The number of hydrogen-bond acceptors (Lipinski definition) is 23.